The molecule has 0 aromatic heterocycles. The SMILES string of the molecule is COc1cc(NC2=NC(CC(C)C)CS2)ccc1F. The van der Waals surface area contributed by atoms with E-state index in [1.165, 1.54) is 13.2 Å². The zero-order chi connectivity index (χ0) is 13.8. The van der Waals surface area contributed by atoms with Crippen LogP contribution in [0.3, 0.4) is 0 Å². The Morgan fingerprint density at radius 3 is 3.00 bits per heavy atom. The van der Waals surface area contributed by atoms with E-state index in [1.54, 1.807) is 23.9 Å². The summed E-state index contributed by atoms with van der Waals surface area (Å²) < 4.78 is 18.3. The molecule has 1 aromatic rings. The molecule has 1 unspecified atom stereocenters. The van der Waals surface area contributed by atoms with Crippen molar-refractivity contribution in [3.8, 4) is 5.75 Å². The Labute approximate surface area is 117 Å². The van der Waals surface area contributed by atoms with Crippen LogP contribution in [0.4, 0.5) is 10.1 Å². The Kier molecular flexibility index (Phi) is 4.69. The number of amidine groups is 1. The first-order chi connectivity index (χ1) is 9.08. The number of nitrogens with zero attached hydrogens (tertiary/aromatic N) is 1. The summed E-state index contributed by atoms with van der Waals surface area (Å²) >= 11 is 1.71. The molecule has 1 aromatic carbocycles. The van der Waals surface area contributed by atoms with Crippen LogP contribution in [-0.2, 0) is 0 Å². The van der Waals surface area contributed by atoms with Crippen molar-refractivity contribution in [2.45, 2.75) is 26.3 Å². The van der Waals surface area contributed by atoms with E-state index in [9.17, 15) is 4.39 Å². The second-order valence-electron chi connectivity index (χ2n) is 5.00. The number of nitrogens with one attached hydrogen (secondary N) is 1. The van der Waals surface area contributed by atoms with E-state index in [0.717, 1.165) is 23.0 Å². The van der Waals surface area contributed by atoms with Crippen LogP contribution >= 0.6 is 11.8 Å². The summed E-state index contributed by atoms with van der Waals surface area (Å²) in [5.74, 6) is 1.55. The molecule has 5 heteroatoms. The van der Waals surface area contributed by atoms with E-state index in [4.69, 9.17) is 4.74 Å². The molecule has 0 saturated carbocycles. The van der Waals surface area contributed by atoms with Gasteiger partial charge in [-0.3, -0.25) is 4.99 Å². The molecule has 1 N–H and O–H groups in total. The molecule has 0 fully saturated rings. The maximum Gasteiger partial charge on any atom is 0.165 e. The largest absolute Gasteiger partial charge is 0.494 e. The summed E-state index contributed by atoms with van der Waals surface area (Å²) in [7, 11) is 1.46. The number of methoxy groups -OCH3 is 1. The lowest BCUT2D eigenvalue weighted by Crippen LogP contribution is -2.08. The monoisotopic (exact) mass is 282 g/mol. The first-order valence-electron chi connectivity index (χ1n) is 6.39. The molecule has 0 saturated heterocycles. The average molecular weight is 282 g/mol. The van der Waals surface area contributed by atoms with Crippen LogP contribution < -0.4 is 10.1 Å². The van der Waals surface area contributed by atoms with Gasteiger partial charge in [-0.25, -0.2) is 4.39 Å². The van der Waals surface area contributed by atoms with Crippen LogP contribution in [0.1, 0.15) is 20.3 Å². The van der Waals surface area contributed by atoms with Gasteiger partial charge in [0.15, 0.2) is 16.7 Å². The van der Waals surface area contributed by atoms with Crippen molar-refractivity contribution in [3.05, 3.63) is 24.0 Å². The predicted molar refractivity (Wildman–Crippen MR) is 79.7 cm³/mol. The van der Waals surface area contributed by atoms with Crippen LogP contribution in [0.5, 0.6) is 5.75 Å². The van der Waals surface area contributed by atoms with Crippen LogP contribution in [0.15, 0.2) is 23.2 Å². The molecule has 1 aliphatic rings. The molecule has 0 spiro atoms. The van der Waals surface area contributed by atoms with Gasteiger partial charge in [0, 0.05) is 17.5 Å². The molecule has 0 bridgehead atoms. The van der Waals surface area contributed by atoms with Gasteiger partial charge < -0.3 is 10.1 Å². The number of ether oxygens (including phenoxy) is 1. The first kappa shape index (κ1) is 14.2. The summed E-state index contributed by atoms with van der Waals surface area (Å²) in [4.78, 5) is 4.64. The lowest BCUT2D eigenvalue weighted by molar-refractivity contribution is 0.387. The quantitative estimate of drug-likeness (QED) is 0.913. The molecular formula is C14H19FN2OS. The second kappa shape index (κ2) is 6.28. The summed E-state index contributed by atoms with van der Waals surface area (Å²) in [6, 6.07) is 5.12. The number of benzene rings is 1. The normalized spacial score (nSPS) is 18.6. The van der Waals surface area contributed by atoms with Crippen molar-refractivity contribution in [1.82, 2.24) is 0 Å². The maximum atomic E-state index is 13.3. The molecule has 1 heterocycles. The van der Waals surface area contributed by atoms with Gasteiger partial charge in [0.1, 0.15) is 0 Å². The number of rotatable bonds is 4. The Morgan fingerprint density at radius 1 is 1.53 bits per heavy atom. The van der Waals surface area contributed by atoms with E-state index in [-0.39, 0.29) is 11.6 Å². The van der Waals surface area contributed by atoms with Gasteiger partial charge in [-0.05, 0) is 24.5 Å². The summed E-state index contributed by atoms with van der Waals surface area (Å²) in [6.45, 7) is 4.41. The van der Waals surface area contributed by atoms with Gasteiger partial charge in [-0.1, -0.05) is 25.6 Å². The number of hydrogen-bond donors (Lipinski definition) is 1. The van der Waals surface area contributed by atoms with Crippen LogP contribution in [-0.4, -0.2) is 24.1 Å². The van der Waals surface area contributed by atoms with Gasteiger partial charge >= 0.3 is 0 Å². The maximum absolute atomic E-state index is 13.3. The lowest BCUT2D eigenvalue weighted by atomic mass is 10.1. The molecule has 0 aliphatic carbocycles. The fourth-order valence-electron chi connectivity index (χ4n) is 2.01. The van der Waals surface area contributed by atoms with E-state index in [1.807, 2.05) is 0 Å². The molecular weight excluding hydrogens is 263 g/mol. The average Bonchev–Trinajstić information content (AvgIpc) is 2.78. The van der Waals surface area contributed by atoms with E-state index in [0.29, 0.717) is 12.0 Å². The predicted octanol–water partition coefficient (Wildman–Crippen LogP) is 3.76. The smallest absolute Gasteiger partial charge is 0.165 e. The van der Waals surface area contributed by atoms with Crippen molar-refractivity contribution < 1.29 is 9.13 Å². The first-order valence-corrected chi connectivity index (χ1v) is 7.38. The highest BCUT2D eigenvalue weighted by Crippen LogP contribution is 2.26. The third-order valence-corrected chi connectivity index (χ3v) is 3.89. The minimum atomic E-state index is -0.355. The van der Waals surface area contributed by atoms with Gasteiger partial charge in [0.25, 0.3) is 0 Å². The second-order valence-corrected chi connectivity index (χ2v) is 6.01. The molecule has 104 valence electrons. The topological polar surface area (TPSA) is 33.6 Å². The fraction of sp³-hybridized carbons (Fsp3) is 0.500. The highest BCUT2D eigenvalue weighted by molar-refractivity contribution is 8.14. The van der Waals surface area contributed by atoms with Gasteiger partial charge in [0.05, 0.1) is 13.2 Å². The molecule has 1 aliphatic heterocycles. The van der Waals surface area contributed by atoms with Gasteiger partial charge in [-0.2, -0.15) is 0 Å². The zero-order valence-corrected chi connectivity index (χ0v) is 12.3. The molecule has 1 atom stereocenters. The van der Waals surface area contributed by atoms with Crippen LogP contribution in [0.2, 0.25) is 0 Å². The highest BCUT2D eigenvalue weighted by atomic mass is 32.2. The molecule has 3 nitrogen and oxygen atoms in total. The Bertz CT molecular complexity index is 477. The van der Waals surface area contributed by atoms with Crippen molar-refractivity contribution in [3.63, 3.8) is 0 Å². The van der Waals surface area contributed by atoms with Gasteiger partial charge in [-0.15, -0.1) is 0 Å². The van der Waals surface area contributed by atoms with Crippen molar-refractivity contribution >= 4 is 22.6 Å². The van der Waals surface area contributed by atoms with Crippen molar-refractivity contribution in [1.29, 1.82) is 0 Å². The minimum Gasteiger partial charge on any atom is -0.494 e. The third-order valence-electron chi connectivity index (χ3n) is 2.86. The number of aliphatic imine (C=N–C) groups is 1. The Morgan fingerprint density at radius 2 is 2.32 bits per heavy atom. The van der Waals surface area contributed by atoms with Crippen LogP contribution in [0, 0.1) is 11.7 Å². The molecule has 0 amide bonds. The molecule has 0 radical (unpaired) electrons. The fourth-order valence-corrected chi connectivity index (χ4v) is 2.98. The number of halogens is 1. The summed E-state index contributed by atoms with van der Waals surface area (Å²) in [6.07, 6.45) is 1.10. The van der Waals surface area contributed by atoms with Gasteiger partial charge in [0.2, 0.25) is 0 Å². The third kappa shape index (κ3) is 3.86. The van der Waals surface area contributed by atoms with Crippen molar-refractivity contribution in [2.75, 3.05) is 18.2 Å². The number of thioether (sulfide) groups is 1. The minimum absolute atomic E-state index is 0.243. The summed E-state index contributed by atoms with van der Waals surface area (Å²) in [5, 5.41) is 4.11. The molecule has 2 rings (SSSR count). The van der Waals surface area contributed by atoms with E-state index in [2.05, 4.69) is 24.2 Å². The van der Waals surface area contributed by atoms with Crippen LogP contribution in [0.25, 0.3) is 0 Å². The lowest BCUT2D eigenvalue weighted by Gasteiger charge is -2.08. The van der Waals surface area contributed by atoms with Crippen molar-refractivity contribution in [2.24, 2.45) is 10.9 Å². The standard InChI is InChI=1S/C14H19FN2OS/c1-9(2)6-11-8-19-14(17-11)16-10-4-5-12(15)13(7-10)18-3/h4-5,7,9,11H,6,8H2,1-3H3,(H,16,17). The Balaban J connectivity index is 2.02. The molecule has 19 heavy (non-hydrogen) atoms. The Hall–Kier alpha value is -1.23. The highest BCUT2D eigenvalue weighted by Gasteiger charge is 2.19. The zero-order valence-electron chi connectivity index (χ0n) is 11.4. The number of hydrogen-bond acceptors (Lipinski definition) is 4. The summed E-state index contributed by atoms with van der Waals surface area (Å²) in [5.41, 5.74) is 0.801. The number of anilines is 1. The van der Waals surface area contributed by atoms with E-state index >= 15 is 0 Å². The van der Waals surface area contributed by atoms with E-state index < -0.39 is 0 Å².